The van der Waals surface area contributed by atoms with Gasteiger partial charge < -0.3 is 20.1 Å². The number of carbonyl (C=O) groups excluding carboxylic acids is 1. The van der Waals surface area contributed by atoms with Gasteiger partial charge in [0.15, 0.2) is 0 Å². The SMILES string of the molecule is COc1cc(C#N)ccc1NC1CC(NC(=O)OCc2ccccc2)C1. The molecule has 0 unspecified atom stereocenters. The summed E-state index contributed by atoms with van der Waals surface area (Å²) >= 11 is 0. The van der Waals surface area contributed by atoms with E-state index in [0.717, 1.165) is 24.1 Å². The van der Waals surface area contributed by atoms with Crippen molar-refractivity contribution in [2.75, 3.05) is 12.4 Å². The van der Waals surface area contributed by atoms with Crippen LogP contribution < -0.4 is 15.4 Å². The Hall–Kier alpha value is -3.20. The van der Waals surface area contributed by atoms with Gasteiger partial charge in [0, 0.05) is 18.2 Å². The summed E-state index contributed by atoms with van der Waals surface area (Å²) in [4.78, 5) is 11.9. The van der Waals surface area contributed by atoms with Crippen molar-refractivity contribution >= 4 is 11.8 Å². The number of hydrogen-bond donors (Lipinski definition) is 2. The van der Waals surface area contributed by atoms with E-state index in [1.807, 2.05) is 36.4 Å². The van der Waals surface area contributed by atoms with Crippen LogP contribution >= 0.6 is 0 Å². The lowest BCUT2D eigenvalue weighted by molar-refractivity contribution is 0.129. The van der Waals surface area contributed by atoms with Crippen molar-refractivity contribution in [1.29, 1.82) is 5.26 Å². The average molecular weight is 351 g/mol. The normalized spacial score (nSPS) is 18.2. The quantitative estimate of drug-likeness (QED) is 0.833. The van der Waals surface area contributed by atoms with Gasteiger partial charge in [-0.2, -0.15) is 5.26 Å². The van der Waals surface area contributed by atoms with Crippen LogP contribution in [0.15, 0.2) is 48.5 Å². The van der Waals surface area contributed by atoms with Gasteiger partial charge in [0.2, 0.25) is 0 Å². The summed E-state index contributed by atoms with van der Waals surface area (Å²) in [7, 11) is 1.58. The monoisotopic (exact) mass is 351 g/mol. The Morgan fingerprint density at radius 3 is 2.65 bits per heavy atom. The van der Waals surface area contributed by atoms with Crippen molar-refractivity contribution in [3.05, 3.63) is 59.7 Å². The van der Waals surface area contributed by atoms with E-state index >= 15 is 0 Å². The number of anilines is 1. The molecular formula is C20H21N3O3. The Labute approximate surface area is 152 Å². The Balaban J connectivity index is 1.42. The van der Waals surface area contributed by atoms with E-state index in [4.69, 9.17) is 14.7 Å². The lowest BCUT2D eigenvalue weighted by Crippen LogP contribution is -2.49. The smallest absolute Gasteiger partial charge is 0.407 e. The Morgan fingerprint density at radius 1 is 1.19 bits per heavy atom. The zero-order valence-corrected chi connectivity index (χ0v) is 14.6. The molecule has 1 aliphatic rings. The molecule has 26 heavy (non-hydrogen) atoms. The van der Waals surface area contributed by atoms with Crippen molar-refractivity contribution in [2.45, 2.75) is 31.5 Å². The number of amides is 1. The van der Waals surface area contributed by atoms with Crippen molar-refractivity contribution in [3.8, 4) is 11.8 Å². The molecule has 0 heterocycles. The van der Waals surface area contributed by atoms with Crippen molar-refractivity contribution in [3.63, 3.8) is 0 Å². The summed E-state index contributed by atoms with van der Waals surface area (Å²) in [6.45, 7) is 0.267. The standard InChI is InChI=1S/C20H21N3O3/c1-25-19-9-15(12-21)7-8-18(19)22-16-10-17(11-16)23-20(24)26-13-14-5-3-2-4-6-14/h2-9,16-17,22H,10-11,13H2,1H3,(H,23,24). The van der Waals surface area contributed by atoms with Crippen LogP contribution in [0.1, 0.15) is 24.0 Å². The molecule has 0 saturated heterocycles. The van der Waals surface area contributed by atoms with Gasteiger partial charge in [-0.05, 0) is 30.5 Å². The summed E-state index contributed by atoms with van der Waals surface area (Å²) in [5, 5.41) is 15.2. The largest absolute Gasteiger partial charge is 0.495 e. The molecule has 2 aromatic carbocycles. The fourth-order valence-corrected chi connectivity index (χ4v) is 2.88. The fraction of sp³-hybridized carbons (Fsp3) is 0.300. The van der Waals surface area contributed by atoms with Crippen LogP contribution in [-0.4, -0.2) is 25.3 Å². The lowest BCUT2D eigenvalue weighted by Gasteiger charge is -2.36. The summed E-state index contributed by atoms with van der Waals surface area (Å²) in [6.07, 6.45) is 1.22. The van der Waals surface area contributed by atoms with Crippen LogP contribution in [-0.2, 0) is 11.3 Å². The lowest BCUT2D eigenvalue weighted by atomic mass is 9.86. The van der Waals surface area contributed by atoms with E-state index in [2.05, 4.69) is 16.7 Å². The van der Waals surface area contributed by atoms with Crippen molar-refractivity contribution in [1.82, 2.24) is 5.32 Å². The number of hydrogen-bond acceptors (Lipinski definition) is 5. The minimum atomic E-state index is -0.395. The third-order valence-corrected chi connectivity index (χ3v) is 4.36. The summed E-state index contributed by atoms with van der Waals surface area (Å²) in [5.74, 6) is 0.641. The molecule has 1 aliphatic carbocycles. The molecule has 0 bridgehead atoms. The third-order valence-electron chi connectivity index (χ3n) is 4.36. The van der Waals surface area contributed by atoms with Gasteiger partial charge in [0.1, 0.15) is 12.4 Å². The molecule has 0 atom stereocenters. The van der Waals surface area contributed by atoms with Crippen LogP contribution in [0, 0.1) is 11.3 Å². The number of alkyl carbamates (subject to hydrolysis) is 1. The number of ether oxygens (including phenoxy) is 2. The maximum Gasteiger partial charge on any atom is 0.407 e. The Morgan fingerprint density at radius 2 is 1.96 bits per heavy atom. The summed E-state index contributed by atoms with van der Waals surface area (Å²) in [6, 6.07) is 17.3. The highest BCUT2D eigenvalue weighted by Gasteiger charge is 2.31. The number of methoxy groups -OCH3 is 1. The van der Waals surface area contributed by atoms with Crippen molar-refractivity contribution in [2.24, 2.45) is 0 Å². The van der Waals surface area contributed by atoms with Gasteiger partial charge in [-0.1, -0.05) is 30.3 Å². The Kier molecular flexibility index (Phi) is 5.59. The maximum absolute atomic E-state index is 11.9. The van der Waals surface area contributed by atoms with Crippen LogP contribution in [0.25, 0.3) is 0 Å². The van der Waals surface area contributed by atoms with E-state index in [-0.39, 0.29) is 18.7 Å². The van der Waals surface area contributed by atoms with E-state index in [1.54, 1.807) is 19.2 Å². The first kappa shape index (κ1) is 17.6. The van der Waals surface area contributed by atoms with Crippen LogP contribution in [0.2, 0.25) is 0 Å². The molecule has 1 fully saturated rings. The van der Waals surface area contributed by atoms with Crippen LogP contribution in [0.5, 0.6) is 5.75 Å². The van der Waals surface area contributed by atoms with Gasteiger partial charge in [-0.15, -0.1) is 0 Å². The first-order valence-electron chi connectivity index (χ1n) is 8.50. The molecule has 3 rings (SSSR count). The average Bonchev–Trinajstić information content (AvgIpc) is 2.65. The maximum atomic E-state index is 11.9. The number of benzene rings is 2. The summed E-state index contributed by atoms with van der Waals surface area (Å²) < 4.78 is 10.5. The predicted molar refractivity (Wildman–Crippen MR) is 97.9 cm³/mol. The number of nitrogens with one attached hydrogen (secondary N) is 2. The highest BCUT2D eigenvalue weighted by molar-refractivity contribution is 5.68. The first-order chi connectivity index (χ1) is 12.7. The minimum absolute atomic E-state index is 0.0974. The highest BCUT2D eigenvalue weighted by atomic mass is 16.5. The van der Waals surface area contributed by atoms with E-state index < -0.39 is 6.09 Å². The number of carbonyl (C=O) groups is 1. The van der Waals surface area contributed by atoms with Crippen LogP contribution in [0.3, 0.4) is 0 Å². The second kappa shape index (κ2) is 8.26. The molecule has 6 heteroatoms. The Bertz CT molecular complexity index is 796. The zero-order chi connectivity index (χ0) is 18.4. The van der Waals surface area contributed by atoms with Gasteiger partial charge in [-0.3, -0.25) is 0 Å². The topological polar surface area (TPSA) is 83.4 Å². The molecule has 2 aromatic rings. The minimum Gasteiger partial charge on any atom is -0.495 e. The van der Waals surface area contributed by atoms with Gasteiger partial charge in [-0.25, -0.2) is 4.79 Å². The number of nitrogens with zero attached hydrogens (tertiary/aromatic N) is 1. The van der Waals surface area contributed by atoms with E-state index in [0.29, 0.717) is 11.3 Å². The fourth-order valence-electron chi connectivity index (χ4n) is 2.88. The second-order valence-corrected chi connectivity index (χ2v) is 6.24. The molecule has 0 radical (unpaired) electrons. The third kappa shape index (κ3) is 4.45. The molecule has 0 aromatic heterocycles. The molecule has 134 valence electrons. The molecule has 2 N–H and O–H groups in total. The second-order valence-electron chi connectivity index (χ2n) is 6.24. The number of nitriles is 1. The van der Waals surface area contributed by atoms with Crippen molar-refractivity contribution < 1.29 is 14.3 Å². The zero-order valence-electron chi connectivity index (χ0n) is 14.6. The van der Waals surface area contributed by atoms with E-state index in [1.165, 1.54) is 0 Å². The molecular weight excluding hydrogens is 330 g/mol. The van der Waals surface area contributed by atoms with Gasteiger partial charge in [0.25, 0.3) is 0 Å². The summed E-state index contributed by atoms with van der Waals surface area (Å²) in [5.41, 5.74) is 2.37. The molecule has 0 spiro atoms. The highest BCUT2D eigenvalue weighted by Crippen LogP contribution is 2.30. The van der Waals surface area contributed by atoms with E-state index in [9.17, 15) is 4.79 Å². The molecule has 0 aliphatic heterocycles. The molecule has 6 nitrogen and oxygen atoms in total. The molecule has 1 saturated carbocycles. The molecule has 1 amide bonds. The van der Waals surface area contributed by atoms with Gasteiger partial charge >= 0.3 is 6.09 Å². The van der Waals surface area contributed by atoms with Gasteiger partial charge in [0.05, 0.1) is 24.4 Å². The number of rotatable bonds is 6. The van der Waals surface area contributed by atoms with Crippen LogP contribution in [0.4, 0.5) is 10.5 Å². The predicted octanol–water partition coefficient (Wildman–Crippen LogP) is 3.44. The first-order valence-corrected chi connectivity index (χ1v) is 8.50.